The number of ether oxygens (including phenoxy) is 2. The highest BCUT2D eigenvalue weighted by atomic mass is 79.9. The fourth-order valence-corrected chi connectivity index (χ4v) is 7.45. The maximum atomic E-state index is 12.8. The zero-order valence-corrected chi connectivity index (χ0v) is 30.8. The van der Waals surface area contributed by atoms with Crippen LogP contribution in [0.5, 0.6) is 11.5 Å². The molecule has 5 aromatic rings. The second kappa shape index (κ2) is 17.1. The summed E-state index contributed by atoms with van der Waals surface area (Å²) in [5.41, 5.74) is 3.41. The number of H-pyrrole nitrogens is 1. The van der Waals surface area contributed by atoms with E-state index in [-0.39, 0.29) is 35.4 Å². The molecule has 52 heavy (non-hydrogen) atoms. The Morgan fingerprint density at radius 2 is 1.90 bits per heavy atom. The van der Waals surface area contributed by atoms with Crippen LogP contribution >= 0.6 is 27.3 Å². The lowest BCUT2D eigenvalue weighted by Crippen LogP contribution is -2.39. The van der Waals surface area contributed by atoms with Crippen LogP contribution in [0.1, 0.15) is 36.5 Å². The van der Waals surface area contributed by atoms with E-state index < -0.39 is 12.2 Å². The summed E-state index contributed by atoms with van der Waals surface area (Å²) in [5.74, 6) is 0.391. The summed E-state index contributed by atoms with van der Waals surface area (Å²) in [6, 6.07) is 18.9. The molecule has 1 saturated heterocycles. The van der Waals surface area contributed by atoms with Gasteiger partial charge in [0.05, 0.1) is 24.4 Å². The van der Waals surface area contributed by atoms with Crippen molar-refractivity contribution in [2.45, 2.75) is 38.0 Å². The number of carbonyl (C=O) groups excluding carboxylic acids is 2. The molecule has 0 bridgehead atoms. The van der Waals surface area contributed by atoms with Crippen molar-refractivity contribution in [2.75, 3.05) is 43.9 Å². The highest BCUT2D eigenvalue weighted by Gasteiger charge is 2.23. The lowest BCUT2D eigenvalue weighted by molar-refractivity contribution is -0.116. The number of piperidine rings is 1. The van der Waals surface area contributed by atoms with Crippen LogP contribution in [-0.4, -0.2) is 76.5 Å². The average Bonchev–Trinajstić information content (AvgIpc) is 3.58. The number of fused-ring (bicyclic) bond motifs is 1. The quantitative estimate of drug-likeness (QED) is 0.0830. The molecule has 272 valence electrons. The topological polar surface area (TPSA) is 178 Å². The number of phenolic OH excluding ortho intramolecular Hbond substituents is 1. The van der Waals surface area contributed by atoms with Gasteiger partial charge in [-0.3, -0.25) is 14.9 Å². The number of aromatic nitrogens is 2. The SMILES string of the molecule is COc1cc(NC(=O)CCN2CCC(OC(=O)Nc3ccccc3-c3nc(Br)cs3)CC2)ccc1CNCC(O)c1ccc(O)c2[nH]c(=O)ccc12. The third-order valence-corrected chi connectivity index (χ3v) is 10.4. The Morgan fingerprint density at radius 1 is 1.10 bits per heavy atom. The largest absolute Gasteiger partial charge is 0.506 e. The third-order valence-electron chi connectivity index (χ3n) is 8.82. The maximum Gasteiger partial charge on any atom is 0.411 e. The molecule has 15 heteroatoms. The first-order valence-corrected chi connectivity index (χ1v) is 18.4. The van der Waals surface area contributed by atoms with E-state index in [2.05, 4.69) is 46.7 Å². The first-order chi connectivity index (χ1) is 25.2. The molecular weight excluding hydrogens is 752 g/mol. The molecule has 1 aliphatic heterocycles. The molecule has 2 aromatic heterocycles. The minimum Gasteiger partial charge on any atom is -0.506 e. The van der Waals surface area contributed by atoms with E-state index in [9.17, 15) is 24.6 Å². The van der Waals surface area contributed by atoms with Gasteiger partial charge in [0.15, 0.2) is 0 Å². The van der Waals surface area contributed by atoms with E-state index in [4.69, 9.17) is 9.47 Å². The Balaban J connectivity index is 0.922. The van der Waals surface area contributed by atoms with Crippen molar-refractivity contribution in [3.63, 3.8) is 0 Å². The fourth-order valence-electron chi connectivity index (χ4n) is 6.15. The second-order valence-electron chi connectivity index (χ2n) is 12.3. The van der Waals surface area contributed by atoms with Crippen molar-refractivity contribution in [3.8, 4) is 22.1 Å². The average molecular weight is 792 g/mol. The summed E-state index contributed by atoms with van der Waals surface area (Å²) < 4.78 is 12.0. The summed E-state index contributed by atoms with van der Waals surface area (Å²) in [4.78, 5) is 46.5. The number of carbonyl (C=O) groups is 2. The number of hydrogen-bond donors (Lipinski definition) is 6. The lowest BCUT2D eigenvalue weighted by atomic mass is 10.0. The van der Waals surface area contributed by atoms with Gasteiger partial charge < -0.3 is 40.2 Å². The van der Waals surface area contributed by atoms with Crippen molar-refractivity contribution >= 4 is 61.5 Å². The minimum absolute atomic E-state index is 0.0674. The van der Waals surface area contributed by atoms with Gasteiger partial charge in [-0.1, -0.05) is 24.3 Å². The van der Waals surface area contributed by atoms with E-state index in [1.54, 1.807) is 31.4 Å². The van der Waals surface area contributed by atoms with Crippen molar-refractivity contribution in [1.82, 2.24) is 20.2 Å². The number of nitrogens with zero attached hydrogens (tertiary/aromatic N) is 2. The van der Waals surface area contributed by atoms with Gasteiger partial charge in [0, 0.05) is 78.9 Å². The number of aromatic amines is 1. The number of methoxy groups -OCH3 is 1. The van der Waals surface area contributed by atoms with Gasteiger partial charge in [-0.15, -0.1) is 11.3 Å². The number of benzene rings is 3. The number of halogens is 1. The molecule has 0 spiro atoms. The van der Waals surface area contributed by atoms with E-state index >= 15 is 0 Å². The number of likely N-dealkylation sites (tertiary alicyclic amines) is 1. The number of pyridine rings is 1. The standard InChI is InChI=1S/C37H39BrN6O7S/c1-50-31-18-23(7-6-22(31)19-39-20-30(46)25-8-10-29(45)35-26(25)9-11-33(47)43-35)40-34(48)14-17-44-15-12-24(13-16-44)51-37(49)41-28-5-3-2-4-27(28)36-42-32(38)21-52-36/h2-11,18,21,24,30,39,45-46H,12-17,19-20H2,1H3,(H,40,48)(H,41,49)(H,43,47). The van der Waals surface area contributed by atoms with Crippen molar-refractivity contribution in [3.05, 3.63) is 98.2 Å². The van der Waals surface area contributed by atoms with Crippen LogP contribution in [0.4, 0.5) is 16.2 Å². The number of anilines is 2. The number of aliphatic hydroxyl groups excluding tert-OH is 1. The lowest BCUT2D eigenvalue weighted by Gasteiger charge is -2.31. The molecule has 1 unspecified atom stereocenters. The number of para-hydroxylation sites is 1. The fraction of sp³-hybridized carbons (Fsp3) is 0.297. The molecule has 2 amide bonds. The van der Waals surface area contributed by atoms with Gasteiger partial charge in [-0.05, 0) is 64.7 Å². The molecule has 13 nitrogen and oxygen atoms in total. The van der Waals surface area contributed by atoms with Crippen LogP contribution < -0.4 is 26.2 Å². The number of phenols is 1. The highest BCUT2D eigenvalue weighted by molar-refractivity contribution is 9.10. The molecule has 0 aliphatic carbocycles. The zero-order chi connectivity index (χ0) is 36.6. The summed E-state index contributed by atoms with van der Waals surface area (Å²) in [6.45, 7) is 2.59. The van der Waals surface area contributed by atoms with Crippen molar-refractivity contribution < 1.29 is 29.3 Å². The van der Waals surface area contributed by atoms with Crippen LogP contribution in [0.3, 0.4) is 0 Å². The molecule has 0 saturated carbocycles. The van der Waals surface area contributed by atoms with E-state index in [1.807, 2.05) is 35.7 Å². The smallest absolute Gasteiger partial charge is 0.411 e. The molecule has 1 atom stereocenters. The van der Waals surface area contributed by atoms with E-state index in [0.717, 1.165) is 20.7 Å². The van der Waals surface area contributed by atoms with Gasteiger partial charge in [0.1, 0.15) is 27.2 Å². The normalized spacial score (nSPS) is 14.2. The Kier molecular flexibility index (Phi) is 12.2. The monoisotopic (exact) mass is 790 g/mol. The molecule has 1 fully saturated rings. The molecule has 6 rings (SSSR count). The number of rotatable bonds is 13. The first kappa shape index (κ1) is 37.0. The summed E-state index contributed by atoms with van der Waals surface area (Å²) in [7, 11) is 1.56. The van der Waals surface area contributed by atoms with Crippen LogP contribution in [0.2, 0.25) is 0 Å². The Bertz CT molecular complexity index is 2100. The van der Waals surface area contributed by atoms with E-state index in [0.29, 0.717) is 73.5 Å². The van der Waals surface area contributed by atoms with Crippen LogP contribution in [0, 0.1) is 0 Å². The van der Waals surface area contributed by atoms with Crippen LogP contribution in [0.25, 0.3) is 21.5 Å². The summed E-state index contributed by atoms with van der Waals surface area (Å²) in [5, 5.41) is 33.3. The van der Waals surface area contributed by atoms with E-state index in [1.165, 1.54) is 23.5 Å². The van der Waals surface area contributed by atoms with Gasteiger partial charge in [0.25, 0.3) is 0 Å². The Hall–Kier alpha value is -4.80. The predicted octanol–water partition coefficient (Wildman–Crippen LogP) is 5.99. The van der Waals surface area contributed by atoms with Gasteiger partial charge in [0.2, 0.25) is 11.5 Å². The molecule has 1 aliphatic rings. The van der Waals surface area contributed by atoms with Gasteiger partial charge in [-0.25, -0.2) is 9.78 Å². The zero-order valence-electron chi connectivity index (χ0n) is 28.4. The number of nitrogens with one attached hydrogen (secondary N) is 4. The molecule has 3 heterocycles. The minimum atomic E-state index is -0.901. The summed E-state index contributed by atoms with van der Waals surface area (Å²) >= 11 is 4.86. The number of aromatic hydroxyl groups is 1. The Morgan fingerprint density at radius 3 is 2.67 bits per heavy atom. The molecular formula is C37H39BrN6O7S. The number of aliphatic hydroxyl groups is 1. The highest BCUT2D eigenvalue weighted by Crippen LogP contribution is 2.32. The number of hydrogen-bond acceptors (Lipinski definition) is 11. The first-order valence-electron chi connectivity index (χ1n) is 16.8. The third kappa shape index (κ3) is 9.35. The maximum absolute atomic E-state index is 12.8. The van der Waals surface area contributed by atoms with Crippen LogP contribution in [-0.2, 0) is 16.1 Å². The van der Waals surface area contributed by atoms with Gasteiger partial charge >= 0.3 is 6.09 Å². The molecule has 6 N–H and O–H groups in total. The predicted molar refractivity (Wildman–Crippen MR) is 204 cm³/mol. The van der Waals surface area contributed by atoms with Crippen molar-refractivity contribution in [2.24, 2.45) is 0 Å². The number of amides is 2. The number of thiazole rings is 1. The summed E-state index contributed by atoms with van der Waals surface area (Å²) in [6.07, 6.45) is 0.0345. The van der Waals surface area contributed by atoms with Crippen LogP contribution in [0.15, 0.2) is 81.5 Å². The Labute approximate surface area is 312 Å². The van der Waals surface area contributed by atoms with Crippen molar-refractivity contribution in [1.29, 1.82) is 0 Å². The van der Waals surface area contributed by atoms with Gasteiger partial charge in [-0.2, -0.15) is 0 Å². The molecule has 0 radical (unpaired) electrons. The second-order valence-corrected chi connectivity index (χ2v) is 14.0. The molecule has 3 aromatic carbocycles.